The van der Waals surface area contributed by atoms with Gasteiger partial charge in [0.1, 0.15) is 0 Å². The van der Waals surface area contributed by atoms with Gasteiger partial charge >= 0.3 is 0 Å². The largest absolute Gasteiger partial charge is 0.494 e. The van der Waals surface area contributed by atoms with Crippen LogP contribution in [0.2, 0.25) is 0 Å². The number of nitrogens with zero attached hydrogens (tertiary/aromatic N) is 1. The summed E-state index contributed by atoms with van der Waals surface area (Å²) in [5.74, 6) is 0.0558. The standard InChI is InChI=1S/C16H25FN2O/c1-19(2)16(9-4-5-10-16)12-18-11-13-7-6-8-14(20-3)15(13)17/h6-8,18H,4-5,9-12H2,1-3H3. The minimum Gasteiger partial charge on any atom is -0.494 e. The Hall–Kier alpha value is -1.13. The van der Waals surface area contributed by atoms with Gasteiger partial charge in [0.2, 0.25) is 0 Å². The summed E-state index contributed by atoms with van der Waals surface area (Å²) < 4.78 is 19.1. The summed E-state index contributed by atoms with van der Waals surface area (Å²) in [6.07, 6.45) is 5.00. The minimum atomic E-state index is -0.257. The van der Waals surface area contributed by atoms with Crippen molar-refractivity contribution < 1.29 is 9.13 Å². The molecule has 1 aliphatic rings. The first kappa shape index (κ1) is 15.3. The molecule has 1 aromatic carbocycles. The number of halogens is 1. The van der Waals surface area contributed by atoms with Crippen molar-refractivity contribution in [3.63, 3.8) is 0 Å². The number of ether oxygens (including phenoxy) is 1. The molecule has 0 atom stereocenters. The summed E-state index contributed by atoms with van der Waals surface area (Å²) in [6.45, 7) is 1.44. The Kier molecular flexibility index (Phi) is 5.00. The van der Waals surface area contributed by atoms with Gasteiger partial charge in [0.05, 0.1) is 7.11 Å². The molecule has 1 fully saturated rings. The fraction of sp³-hybridized carbons (Fsp3) is 0.625. The summed E-state index contributed by atoms with van der Waals surface area (Å²) in [4.78, 5) is 2.31. The molecule has 0 unspecified atom stereocenters. The van der Waals surface area contributed by atoms with Gasteiger partial charge in [-0.1, -0.05) is 25.0 Å². The van der Waals surface area contributed by atoms with Crippen molar-refractivity contribution in [1.82, 2.24) is 10.2 Å². The Balaban J connectivity index is 1.96. The summed E-state index contributed by atoms with van der Waals surface area (Å²) in [5, 5.41) is 3.42. The molecular formula is C16H25FN2O. The number of likely N-dealkylation sites (N-methyl/N-ethyl adjacent to an activating group) is 1. The third kappa shape index (κ3) is 3.13. The molecule has 1 saturated carbocycles. The van der Waals surface area contributed by atoms with Crippen molar-refractivity contribution in [2.24, 2.45) is 0 Å². The second-order valence-electron chi connectivity index (χ2n) is 5.86. The van der Waals surface area contributed by atoms with Crippen molar-refractivity contribution in [2.45, 2.75) is 37.8 Å². The molecule has 4 heteroatoms. The summed E-state index contributed by atoms with van der Waals surface area (Å²) in [6, 6.07) is 5.29. The third-order valence-corrected chi connectivity index (χ3v) is 4.52. The van der Waals surface area contributed by atoms with Gasteiger partial charge in [0, 0.05) is 24.2 Å². The van der Waals surface area contributed by atoms with E-state index >= 15 is 0 Å². The van der Waals surface area contributed by atoms with E-state index in [2.05, 4.69) is 24.3 Å². The molecule has 0 bridgehead atoms. The van der Waals surface area contributed by atoms with E-state index in [1.165, 1.54) is 32.8 Å². The Morgan fingerprint density at radius 1 is 1.30 bits per heavy atom. The SMILES string of the molecule is COc1cccc(CNCC2(N(C)C)CCCC2)c1F. The van der Waals surface area contributed by atoms with Crippen LogP contribution in [0.25, 0.3) is 0 Å². The summed E-state index contributed by atoms with van der Waals surface area (Å²) >= 11 is 0. The monoisotopic (exact) mass is 280 g/mol. The first-order valence-corrected chi connectivity index (χ1v) is 7.28. The molecule has 20 heavy (non-hydrogen) atoms. The average molecular weight is 280 g/mol. The van der Waals surface area contributed by atoms with Gasteiger partial charge in [-0.3, -0.25) is 0 Å². The molecule has 0 aliphatic heterocycles. The van der Waals surface area contributed by atoms with Crippen LogP contribution in [-0.2, 0) is 6.54 Å². The zero-order chi connectivity index (χ0) is 14.6. The van der Waals surface area contributed by atoms with Crippen LogP contribution in [0, 0.1) is 5.82 Å². The van der Waals surface area contributed by atoms with Crippen LogP contribution in [0.15, 0.2) is 18.2 Å². The van der Waals surface area contributed by atoms with Crippen LogP contribution in [0.1, 0.15) is 31.2 Å². The van der Waals surface area contributed by atoms with Crippen molar-refractivity contribution in [2.75, 3.05) is 27.7 Å². The molecular weight excluding hydrogens is 255 g/mol. The first-order chi connectivity index (χ1) is 9.59. The molecule has 112 valence electrons. The number of nitrogens with one attached hydrogen (secondary N) is 1. The van der Waals surface area contributed by atoms with Gasteiger partial charge < -0.3 is 15.0 Å². The van der Waals surface area contributed by atoms with Gasteiger partial charge in [-0.25, -0.2) is 4.39 Å². The van der Waals surface area contributed by atoms with E-state index in [1.54, 1.807) is 6.07 Å². The van der Waals surface area contributed by atoms with E-state index in [0.29, 0.717) is 17.9 Å². The highest BCUT2D eigenvalue weighted by molar-refractivity contribution is 5.30. The third-order valence-electron chi connectivity index (χ3n) is 4.52. The maximum atomic E-state index is 14.1. The highest BCUT2D eigenvalue weighted by atomic mass is 19.1. The highest BCUT2D eigenvalue weighted by Gasteiger charge is 2.35. The van der Waals surface area contributed by atoms with E-state index in [4.69, 9.17) is 4.74 Å². The lowest BCUT2D eigenvalue weighted by molar-refractivity contribution is 0.153. The van der Waals surface area contributed by atoms with E-state index in [1.807, 2.05) is 12.1 Å². The van der Waals surface area contributed by atoms with Crippen LogP contribution in [0.5, 0.6) is 5.75 Å². The lowest BCUT2D eigenvalue weighted by Gasteiger charge is -2.36. The van der Waals surface area contributed by atoms with Crippen LogP contribution < -0.4 is 10.1 Å². The molecule has 0 saturated heterocycles. The number of rotatable bonds is 6. The van der Waals surface area contributed by atoms with Gasteiger partial charge in [-0.15, -0.1) is 0 Å². The van der Waals surface area contributed by atoms with Gasteiger partial charge in [0.15, 0.2) is 11.6 Å². The maximum absolute atomic E-state index is 14.1. The zero-order valence-corrected chi connectivity index (χ0v) is 12.7. The lowest BCUT2D eigenvalue weighted by Crippen LogP contribution is -2.49. The molecule has 0 radical (unpaired) electrons. The van der Waals surface area contributed by atoms with Crippen molar-refractivity contribution in [3.8, 4) is 5.75 Å². The normalized spacial score (nSPS) is 17.6. The Bertz CT molecular complexity index is 442. The van der Waals surface area contributed by atoms with Gasteiger partial charge in [-0.2, -0.15) is 0 Å². The van der Waals surface area contributed by atoms with E-state index in [-0.39, 0.29) is 11.4 Å². The molecule has 3 nitrogen and oxygen atoms in total. The molecule has 0 aromatic heterocycles. The number of hydrogen-bond acceptors (Lipinski definition) is 3. The fourth-order valence-corrected chi connectivity index (χ4v) is 3.10. The predicted octanol–water partition coefficient (Wildman–Crippen LogP) is 2.80. The molecule has 2 rings (SSSR count). The Labute approximate surface area is 121 Å². The smallest absolute Gasteiger partial charge is 0.169 e. The summed E-state index contributed by atoms with van der Waals surface area (Å²) in [5.41, 5.74) is 0.895. The summed E-state index contributed by atoms with van der Waals surface area (Å²) in [7, 11) is 5.77. The quantitative estimate of drug-likeness (QED) is 0.867. The average Bonchev–Trinajstić information content (AvgIpc) is 2.91. The minimum absolute atomic E-state index is 0.231. The van der Waals surface area contributed by atoms with Crippen LogP contribution in [-0.4, -0.2) is 38.2 Å². The molecule has 0 spiro atoms. The molecule has 0 heterocycles. The number of methoxy groups -OCH3 is 1. The first-order valence-electron chi connectivity index (χ1n) is 7.28. The second-order valence-corrected chi connectivity index (χ2v) is 5.86. The maximum Gasteiger partial charge on any atom is 0.169 e. The molecule has 1 aliphatic carbocycles. The van der Waals surface area contributed by atoms with E-state index in [0.717, 1.165) is 6.54 Å². The van der Waals surface area contributed by atoms with Gasteiger partial charge in [0.25, 0.3) is 0 Å². The van der Waals surface area contributed by atoms with Crippen molar-refractivity contribution in [1.29, 1.82) is 0 Å². The van der Waals surface area contributed by atoms with Crippen LogP contribution in [0.4, 0.5) is 4.39 Å². The number of benzene rings is 1. The molecule has 0 amide bonds. The van der Waals surface area contributed by atoms with E-state index < -0.39 is 0 Å². The predicted molar refractivity (Wildman–Crippen MR) is 79.5 cm³/mol. The van der Waals surface area contributed by atoms with Crippen molar-refractivity contribution >= 4 is 0 Å². The topological polar surface area (TPSA) is 24.5 Å². The second kappa shape index (κ2) is 6.55. The Morgan fingerprint density at radius 2 is 2.00 bits per heavy atom. The molecule has 1 N–H and O–H groups in total. The molecule has 1 aromatic rings. The van der Waals surface area contributed by atoms with Crippen LogP contribution >= 0.6 is 0 Å². The van der Waals surface area contributed by atoms with Crippen LogP contribution in [0.3, 0.4) is 0 Å². The lowest BCUT2D eigenvalue weighted by atomic mass is 9.96. The van der Waals surface area contributed by atoms with E-state index in [9.17, 15) is 4.39 Å². The number of hydrogen-bond donors (Lipinski definition) is 1. The van der Waals surface area contributed by atoms with Crippen molar-refractivity contribution in [3.05, 3.63) is 29.6 Å². The highest BCUT2D eigenvalue weighted by Crippen LogP contribution is 2.33. The fourth-order valence-electron chi connectivity index (χ4n) is 3.10. The van der Waals surface area contributed by atoms with Gasteiger partial charge in [-0.05, 0) is 33.0 Å². The Morgan fingerprint density at radius 3 is 2.60 bits per heavy atom. The zero-order valence-electron chi connectivity index (χ0n) is 12.7.